The summed E-state index contributed by atoms with van der Waals surface area (Å²) in [5.41, 5.74) is 0. The zero-order valence-corrected chi connectivity index (χ0v) is 46.0. The molecule has 0 bridgehead atoms. The zero-order chi connectivity index (χ0) is 54.8. The van der Waals surface area contributed by atoms with Crippen LogP contribution in [0.4, 0.5) is 0 Å². The van der Waals surface area contributed by atoms with E-state index in [-0.39, 0.29) is 18.9 Å². The van der Waals surface area contributed by atoms with Gasteiger partial charge in [0.25, 0.3) is 0 Å². The summed E-state index contributed by atoms with van der Waals surface area (Å²) in [6.07, 6.45) is 10.8. The van der Waals surface area contributed by atoms with Crippen molar-refractivity contribution in [3.05, 3.63) is 0 Å². The smallest absolute Gasteiger partial charge is 0.220 e. The zero-order valence-electron chi connectivity index (χ0n) is 46.0. The van der Waals surface area contributed by atoms with E-state index in [0.29, 0.717) is 12.8 Å². The van der Waals surface area contributed by atoms with E-state index in [2.05, 4.69) is 19.2 Å². The van der Waals surface area contributed by atoms with Gasteiger partial charge < -0.3 is 89.9 Å². The first-order valence-electron chi connectivity index (χ1n) is 29.8. The summed E-state index contributed by atoms with van der Waals surface area (Å²) in [6.45, 7) is 1.76. The third-order valence-electron chi connectivity index (χ3n) is 15.4. The summed E-state index contributed by atoms with van der Waals surface area (Å²) in [6, 6.07) is -0.878. The Hall–Kier alpha value is -1.21. The molecule has 17 unspecified atom stereocenters. The highest BCUT2D eigenvalue weighted by Gasteiger charge is 2.53. The van der Waals surface area contributed by atoms with Gasteiger partial charge in [-0.25, -0.2) is 0 Å². The van der Waals surface area contributed by atoms with E-state index < -0.39 is 124 Å². The Balaban J connectivity index is 1.44. The summed E-state index contributed by atoms with van der Waals surface area (Å²) in [5.74, 6) is -0.246. The first-order chi connectivity index (χ1) is 36.3. The fourth-order valence-corrected chi connectivity index (χ4v) is 10.5. The highest BCUT2D eigenvalue weighted by atomic mass is 16.8. The molecule has 0 aliphatic carbocycles. The van der Waals surface area contributed by atoms with Crippen molar-refractivity contribution in [1.29, 1.82) is 0 Å². The Kier molecular flexibility index (Phi) is 37.1. The van der Waals surface area contributed by atoms with E-state index in [1.165, 1.54) is 141 Å². The van der Waals surface area contributed by atoms with Crippen molar-refractivity contribution in [3.8, 4) is 0 Å². The van der Waals surface area contributed by atoms with Crippen LogP contribution in [-0.2, 0) is 33.2 Å². The standard InChI is InChI=1S/C56H107NO18/c1-3-5-7-9-11-13-14-15-16-17-18-19-20-21-22-23-24-25-26-27-29-31-33-40(61)39(57-44(62)34-32-30-28-12-10-8-6-4-2)38-70-54-50(68)47(65)52(42(36-59)72-54)75-56-51(69)48(66)53(43(37-60)73-56)74-55-49(67)46(64)45(63)41(35-58)71-55/h39-43,45-56,58-61,63-69H,3-38H2,1-2H3,(H,57,62). The highest BCUT2D eigenvalue weighted by molar-refractivity contribution is 5.76. The highest BCUT2D eigenvalue weighted by Crippen LogP contribution is 2.33. The van der Waals surface area contributed by atoms with Crippen LogP contribution in [-0.4, -0.2) is 193 Å². The van der Waals surface area contributed by atoms with E-state index in [1.807, 2.05) is 0 Å². The van der Waals surface area contributed by atoms with Gasteiger partial charge in [0.05, 0.1) is 38.6 Å². The van der Waals surface area contributed by atoms with E-state index in [4.69, 9.17) is 28.4 Å². The molecule has 1 amide bonds. The molecule has 3 aliphatic heterocycles. The third-order valence-corrected chi connectivity index (χ3v) is 15.4. The molecule has 19 heteroatoms. The quantitative estimate of drug-likeness (QED) is 0.0364. The molecule has 0 spiro atoms. The van der Waals surface area contributed by atoms with Gasteiger partial charge >= 0.3 is 0 Å². The van der Waals surface area contributed by atoms with Crippen molar-refractivity contribution >= 4 is 5.91 Å². The Bertz CT molecular complexity index is 1390. The normalized spacial score (nSPS) is 31.1. The number of carbonyl (C=O) groups excluding carboxylic acids is 1. The molecule has 3 aliphatic rings. The van der Waals surface area contributed by atoms with Crippen molar-refractivity contribution in [3.63, 3.8) is 0 Å². The van der Waals surface area contributed by atoms with Gasteiger partial charge in [-0.2, -0.15) is 0 Å². The molecule has 444 valence electrons. The van der Waals surface area contributed by atoms with Crippen molar-refractivity contribution in [2.24, 2.45) is 0 Å². The summed E-state index contributed by atoms with van der Waals surface area (Å²) in [7, 11) is 0. The Labute approximate surface area is 449 Å². The van der Waals surface area contributed by atoms with Crippen molar-refractivity contribution in [2.45, 2.75) is 324 Å². The van der Waals surface area contributed by atoms with Crippen LogP contribution in [0.15, 0.2) is 0 Å². The minimum Gasteiger partial charge on any atom is -0.394 e. The molecule has 0 aromatic rings. The van der Waals surface area contributed by atoms with Crippen LogP contribution in [0.1, 0.15) is 219 Å². The number of carbonyl (C=O) groups is 1. The molecular weight excluding hydrogens is 975 g/mol. The topological polar surface area (TPSA) is 307 Å². The summed E-state index contributed by atoms with van der Waals surface area (Å²) >= 11 is 0. The maximum Gasteiger partial charge on any atom is 0.220 e. The fourth-order valence-electron chi connectivity index (χ4n) is 10.5. The lowest BCUT2D eigenvalue weighted by atomic mass is 9.96. The van der Waals surface area contributed by atoms with E-state index in [9.17, 15) is 61.0 Å². The van der Waals surface area contributed by atoms with E-state index in [1.54, 1.807) is 0 Å². The number of amides is 1. The lowest BCUT2D eigenvalue weighted by molar-refractivity contribution is -0.379. The summed E-state index contributed by atoms with van der Waals surface area (Å²) in [4.78, 5) is 13.2. The second kappa shape index (κ2) is 40.9. The molecule has 0 aromatic heterocycles. The van der Waals surface area contributed by atoms with Crippen LogP contribution in [0, 0.1) is 0 Å². The van der Waals surface area contributed by atoms with Gasteiger partial charge in [-0.05, 0) is 12.8 Å². The lowest BCUT2D eigenvalue weighted by Gasteiger charge is -2.48. The van der Waals surface area contributed by atoms with Crippen molar-refractivity contribution in [1.82, 2.24) is 5.32 Å². The van der Waals surface area contributed by atoms with Crippen molar-refractivity contribution < 1.29 is 89.4 Å². The van der Waals surface area contributed by atoms with Crippen LogP contribution in [0.5, 0.6) is 0 Å². The second-order valence-electron chi connectivity index (χ2n) is 21.8. The Morgan fingerprint density at radius 1 is 0.427 bits per heavy atom. The van der Waals surface area contributed by atoms with Crippen LogP contribution in [0.2, 0.25) is 0 Å². The van der Waals surface area contributed by atoms with Crippen LogP contribution in [0.25, 0.3) is 0 Å². The molecule has 17 atom stereocenters. The van der Waals surface area contributed by atoms with Gasteiger partial charge in [-0.15, -0.1) is 0 Å². The predicted molar refractivity (Wildman–Crippen MR) is 282 cm³/mol. The summed E-state index contributed by atoms with van der Waals surface area (Å²) < 4.78 is 34.2. The number of aliphatic hydroxyl groups is 11. The third kappa shape index (κ3) is 25.4. The molecule has 3 saturated heterocycles. The number of ether oxygens (including phenoxy) is 6. The van der Waals surface area contributed by atoms with Crippen molar-refractivity contribution in [2.75, 3.05) is 26.4 Å². The van der Waals surface area contributed by atoms with Crippen LogP contribution >= 0.6 is 0 Å². The maximum absolute atomic E-state index is 13.2. The number of hydrogen-bond acceptors (Lipinski definition) is 18. The Morgan fingerprint density at radius 3 is 1.16 bits per heavy atom. The maximum atomic E-state index is 13.2. The number of hydrogen-bond donors (Lipinski definition) is 12. The van der Waals surface area contributed by atoms with Gasteiger partial charge in [0.15, 0.2) is 18.9 Å². The molecule has 0 radical (unpaired) electrons. The minimum atomic E-state index is -1.97. The summed E-state index contributed by atoms with van der Waals surface area (Å²) in [5, 5.41) is 120. The van der Waals surface area contributed by atoms with Gasteiger partial charge in [-0.3, -0.25) is 4.79 Å². The molecule has 0 saturated carbocycles. The molecular formula is C56H107NO18. The number of unbranched alkanes of at least 4 members (excludes halogenated alkanes) is 28. The molecule has 3 heterocycles. The molecule has 0 aromatic carbocycles. The Morgan fingerprint density at radius 2 is 0.760 bits per heavy atom. The molecule has 3 fully saturated rings. The van der Waals surface area contributed by atoms with E-state index >= 15 is 0 Å². The fraction of sp³-hybridized carbons (Fsp3) is 0.982. The first-order valence-corrected chi connectivity index (χ1v) is 29.8. The monoisotopic (exact) mass is 1080 g/mol. The number of aliphatic hydroxyl groups excluding tert-OH is 11. The van der Waals surface area contributed by atoms with Gasteiger partial charge in [0.2, 0.25) is 5.91 Å². The molecule has 3 rings (SSSR count). The second-order valence-corrected chi connectivity index (χ2v) is 21.8. The van der Waals surface area contributed by atoms with Gasteiger partial charge in [0.1, 0.15) is 73.2 Å². The number of rotatable bonds is 44. The largest absolute Gasteiger partial charge is 0.394 e. The SMILES string of the molecule is CCCCCCCCCCCCCCCCCCCCCCCCC(O)C(COC1OC(CO)C(OC2OC(CO)C(OC3OC(CO)C(O)C(O)C3O)C(O)C2O)C(O)C1O)NC(=O)CCCCCCCCCC. The van der Waals surface area contributed by atoms with Gasteiger partial charge in [-0.1, -0.05) is 200 Å². The van der Waals surface area contributed by atoms with E-state index in [0.717, 1.165) is 44.9 Å². The first kappa shape index (κ1) is 68.1. The molecule has 19 nitrogen and oxygen atoms in total. The van der Waals surface area contributed by atoms with Crippen LogP contribution < -0.4 is 5.32 Å². The molecule has 12 N–H and O–H groups in total. The lowest BCUT2D eigenvalue weighted by Crippen LogP contribution is -2.66. The van der Waals surface area contributed by atoms with Crippen LogP contribution in [0.3, 0.4) is 0 Å². The minimum absolute atomic E-state index is 0.246. The average molecular weight is 1080 g/mol. The predicted octanol–water partition coefficient (Wildman–Crippen LogP) is 4.82. The van der Waals surface area contributed by atoms with Gasteiger partial charge in [0, 0.05) is 6.42 Å². The average Bonchev–Trinajstić information content (AvgIpc) is 3.41. The number of nitrogens with one attached hydrogen (secondary N) is 1. The molecule has 75 heavy (non-hydrogen) atoms.